The number of likely N-dealkylation sites (tertiary alicyclic amines) is 1. The summed E-state index contributed by atoms with van der Waals surface area (Å²) in [4.78, 5) is 26.7. The summed E-state index contributed by atoms with van der Waals surface area (Å²) in [6, 6.07) is 14.6. The van der Waals surface area contributed by atoms with Crippen LogP contribution in [0.4, 0.5) is 14.9 Å². The van der Waals surface area contributed by atoms with Crippen LogP contribution in [0.2, 0.25) is 0 Å². The lowest BCUT2D eigenvalue weighted by molar-refractivity contribution is 0.0945. The molecular formula is C23H24FN5O3. The van der Waals surface area contributed by atoms with Crippen LogP contribution >= 0.6 is 0 Å². The molecule has 1 aliphatic rings. The number of benzene rings is 2. The molecule has 0 bridgehead atoms. The third-order valence-corrected chi connectivity index (χ3v) is 5.47. The standard InChI is InChI=1S/C23H24FN5O3/c1-32-21-5-3-2-4-15(21)13-25-22(30)20-12-19(27-28-20)16-10-11-29(14-16)23(31)26-18-8-6-17(24)7-9-18/h2-9,12,16H,10-11,13-14H2,1H3,(H,25,30)(H,26,31)(H,27,28)/t16-/m0/s1. The van der Waals surface area contributed by atoms with E-state index in [4.69, 9.17) is 4.74 Å². The predicted octanol–water partition coefficient (Wildman–Crippen LogP) is 3.51. The van der Waals surface area contributed by atoms with Gasteiger partial charge in [0.1, 0.15) is 17.3 Å². The van der Waals surface area contributed by atoms with Crippen molar-refractivity contribution in [1.29, 1.82) is 0 Å². The molecule has 0 saturated carbocycles. The molecule has 4 rings (SSSR count). The Kier molecular flexibility index (Phi) is 6.34. The first-order chi connectivity index (χ1) is 15.5. The third kappa shape index (κ3) is 4.88. The number of ether oxygens (including phenoxy) is 1. The number of rotatable bonds is 6. The van der Waals surface area contributed by atoms with E-state index in [1.54, 1.807) is 18.1 Å². The summed E-state index contributed by atoms with van der Waals surface area (Å²) in [7, 11) is 1.59. The van der Waals surface area contributed by atoms with Crippen LogP contribution in [0.25, 0.3) is 0 Å². The van der Waals surface area contributed by atoms with Crippen LogP contribution in [0.15, 0.2) is 54.6 Å². The van der Waals surface area contributed by atoms with Crippen molar-refractivity contribution in [2.24, 2.45) is 0 Å². The Morgan fingerprint density at radius 2 is 2.00 bits per heavy atom. The number of nitrogens with zero attached hydrogens (tertiary/aromatic N) is 2. The van der Waals surface area contributed by atoms with E-state index in [0.717, 1.165) is 17.7 Å². The molecule has 3 aromatic rings. The molecule has 0 radical (unpaired) electrons. The Labute approximate surface area is 184 Å². The quantitative estimate of drug-likeness (QED) is 0.550. The fourth-order valence-corrected chi connectivity index (χ4v) is 3.71. The van der Waals surface area contributed by atoms with Gasteiger partial charge in [0.25, 0.3) is 5.91 Å². The average Bonchev–Trinajstić information content (AvgIpc) is 3.49. The van der Waals surface area contributed by atoms with Crippen LogP contribution in [0.1, 0.15) is 34.1 Å². The second-order valence-electron chi connectivity index (χ2n) is 7.57. The van der Waals surface area contributed by atoms with Crippen molar-refractivity contribution in [2.75, 3.05) is 25.5 Å². The maximum absolute atomic E-state index is 13.0. The van der Waals surface area contributed by atoms with Gasteiger partial charge in [0.15, 0.2) is 0 Å². The smallest absolute Gasteiger partial charge is 0.321 e. The fourth-order valence-electron chi connectivity index (χ4n) is 3.71. The van der Waals surface area contributed by atoms with Crippen molar-refractivity contribution < 1.29 is 18.7 Å². The molecule has 1 atom stereocenters. The highest BCUT2D eigenvalue weighted by Crippen LogP contribution is 2.27. The SMILES string of the molecule is COc1ccccc1CNC(=O)c1cc([C@H]2CCN(C(=O)Nc3ccc(F)cc3)C2)[nH]n1. The van der Waals surface area contributed by atoms with Gasteiger partial charge >= 0.3 is 6.03 Å². The molecule has 8 nitrogen and oxygen atoms in total. The lowest BCUT2D eigenvalue weighted by Crippen LogP contribution is -2.32. The van der Waals surface area contributed by atoms with Crippen LogP contribution in [-0.4, -0.2) is 47.2 Å². The Morgan fingerprint density at radius 1 is 1.22 bits per heavy atom. The van der Waals surface area contributed by atoms with Crippen molar-refractivity contribution in [3.05, 3.63) is 77.4 Å². The average molecular weight is 437 g/mol. The molecule has 166 valence electrons. The summed E-state index contributed by atoms with van der Waals surface area (Å²) in [5.41, 5.74) is 2.52. The highest BCUT2D eigenvalue weighted by Gasteiger charge is 2.29. The van der Waals surface area contributed by atoms with Gasteiger partial charge in [-0.1, -0.05) is 18.2 Å². The molecule has 3 amide bonds. The lowest BCUT2D eigenvalue weighted by Gasteiger charge is -2.17. The molecule has 3 N–H and O–H groups in total. The molecule has 1 aromatic heterocycles. The predicted molar refractivity (Wildman–Crippen MR) is 117 cm³/mol. The van der Waals surface area contributed by atoms with Gasteiger partial charge in [-0.05, 0) is 42.8 Å². The zero-order chi connectivity index (χ0) is 22.5. The second kappa shape index (κ2) is 9.51. The van der Waals surface area contributed by atoms with E-state index < -0.39 is 0 Å². The molecule has 1 aliphatic heterocycles. The molecule has 0 aliphatic carbocycles. The number of aromatic amines is 1. The van der Waals surface area contributed by atoms with Crippen LogP contribution in [0.3, 0.4) is 0 Å². The van der Waals surface area contributed by atoms with Crippen LogP contribution in [0, 0.1) is 5.82 Å². The van der Waals surface area contributed by atoms with Gasteiger partial charge in [-0.3, -0.25) is 9.89 Å². The second-order valence-corrected chi connectivity index (χ2v) is 7.57. The van der Waals surface area contributed by atoms with E-state index >= 15 is 0 Å². The minimum atomic E-state index is -0.355. The summed E-state index contributed by atoms with van der Waals surface area (Å²) in [5, 5.41) is 12.7. The van der Waals surface area contributed by atoms with Gasteiger partial charge in [-0.25, -0.2) is 9.18 Å². The molecule has 2 aromatic carbocycles. The van der Waals surface area contributed by atoms with Crippen LogP contribution in [0.5, 0.6) is 5.75 Å². The van der Waals surface area contributed by atoms with E-state index in [9.17, 15) is 14.0 Å². The highest BCUT2D eigenvalue weighted by molar-refractivity contribution is 5.92. The first kappa shape index (κ1) is 21.4. The zero-order valence-electron chi connectivity index (χ0n) is 17.6. The first-order valence-electron chi connectivity index (χ1n) is 10.3. The summed E-state index contributed by atoms with van der Waals surface area (Å²) in [5.74, 6) is 0.117. The zero-order valence-corrected chi connectivity index (χ0v) is 17.6. The number of carbonyl (C=O) groups excluding carboxylic acids is 2. The molecule has 0 spiro atoms. The number of nitrogens with one attached hydrogen (secondary N) is 3. The van der Waals surface area contributed by atoms with Gasteiger partial charge in [0.2, 0.25) is 0 Å². The Morgan fingerprint density at radius 3 is 2.78 bits per heavy atom. The molecule has 1 fully saturated rings. The fraction of sp³-hybridized carbons (Fsp3) is 0.261. The number of halogens is 1. The molecule has 2 heterocycles. The van der Waals surface area contributed by atoms with E-state index in [1.807, 2.05) is 24.3 Å². The van der Waals surface area contributed by atoms with E-state index in [1.165, 1.54) is 24.3 Å². The summed E-state index contributed by atoms with van der Waals surface area (Å²) in [6.07, 6.45) is 0.751. The number of para-hydroxylation sites is 1. The topological polar surface area (TPSA) is 99.4 Å². The summed E-state index contributed by atoms with van der Waals surface area (Å²) >= 11 is 0. The number of aromatic nitrogens is 2. The number of H-pyrrole nitrogens is 1. The first-order valence-corrected chi connectivity index (χ1v) is 10.3. The van der Waals surface area contributed by atoms with E-state index in [0.29, 0.717) is 36.8 Å². The van der Waals surface area contributed by atoms with Crippen molar-refractivity contribution in [3.63, 3.8) is 0 Å². The molecule has 1 saturated heterocycles. The van der Waals surface area contributed by atoms with Gasteiger partial charge in [-0.2, -0.15) is 5.10 Å². The number of urea groups is 1. The van der Waals surface area contributed by atoms with Crippen molar-refractivity contribution in [1.82, 2.24) is 20.4 Å². The molecular weight excluding hydrogens is 413 g/mol. The number of methoxy groups -OCH3 is 1. The van der Waals surface area contributed by atoms with Crippen molar-refractivity contribution >= 4 is 17.6 Å². The van der Waals surface area contributed by atoms with Gasteiger partial charge in [-0.15, -0.1) is 0 Å². The number of anilines is 1. The third-order valence-electron chi connectivity index (χ3n) is 5.47. The van der Waals surface area contributed by atoms with Crippen molar-refractivity contribution in [2.45, 2.75) is 18.9 Å². The lowest BCUT2D eigenvalue weighted by atomic mass is 10.1. The normalized spacial score (nSPS) is 15.4. The monoisotopic (exact) mass is 437 g/mol. The van der Waals surface area contributed by atoms with Gasteiger partial charge in [0.05, 0.1) is 7.11 Å². The van der Waals surface area contributed by atoms with Crippen molar-refractivity contribution in [3.8, 4) is 5.75 Å². The summed E-state index contributed by atoms with van der Waals surface area (Å²) < 4.78 is 18.3. The van der Waals surface area contributed by atoms with E-state index in [-0.39, 0.29) is 23.7 Å². The number of amides is 3. The van der Waals surface area contributed by atoms with Gasteiger partial charge in [0, 0.05) is 42.5 Å². The molecule has 9 heteroatoms. The highest BCUT2D eigenvalue weighted by atomic mass is 19.1. The van der Waals surface area contributed by atoms with Crippen LogP contribution in [-0.2, 0) is 6.54 Å². The number of hydrogen-bond donors (Lipinski definition) is 3. The minimum absolute atomic E-state index is 0.0530. The maximum Gasteiger partial charge on any atom is 0.321 e. The molecule has 0 unspecified atom stereocenters. The Bertz CT molecular complexity index is 1100. The van der Waals surface area contributed by atoms with Gasteiger partial charge < -0.3 is 20.3 Å². The summed E-state index contributed by atoms with van der Waals surface area (Å²) in [6.45, 7) is 1.40. The number of carbonyl (C=O) groups is 2. The molecule has 32 heavy (non-hydrogen) atoms. The maximum atomic E-state index is 13.0. The van der Waals surface area contributed by atoms with Crippen LogP contribution < -0.4 is 15.4 Å². The Balaban J connectivity index is 1.32. The Hall–Kier alpha value is -3.88. The largest absolute Gasteiger partial charge is 0.496 e. The van der Waals surface area contributed by atoms with E-state index in [2.05, 4.69) is 20.8 Å². The number of hydrogen-bond acceptors (Lipinski definition) is 4. The minimum Gasteiger partial charge on any atom is -0.496 e.